The van der Waals surface area contributed by atoms with Crippen molar-refractivity contribution in [2.24, 2.45) is 0 Å². The number of allylic oxidation sites excluding steroid dienone is 2. The van der Waals surface area contributed by atoms with Gasteiger partial charge in [0.05, 0.1) is 0 Å². The van der Waals surface area contributed by atoms with Crippen LogP contribution >= 0.6 is 23.5 Å². The number of benzene rings is 6. The first kappa shape index (κ1) is 32.4. The topological polar surface area (TPSA) is 77.3 Å². The molecule has 2 aliphatic rings. The smallest absolute Gasteiger partial charge is 0.165 e. The number of thioether (sulfide) groups is 2. The van der Waals surface area contributed by atoms with Crippen molar-refractivity contribution < 1.29 is 0 Å². The highest BCUT2D eigenvalue weighted by Gasteiger charge is 2.30. The molecule has 6 nitrogen and oxygen atoms in total. The predicted octanol–water partition coefficient (Wildman–Crippen LogP) is 11.3. The highest BCUT2D eigenvalue weighted by atomic mass is 32.2. The minimum Gasteiger partial charge on any atom is -0.208 e. The summed E-state index contributed by atoms with van der Waals surface area (Å²) in [6.45, 7) is 0. The first-order valence-corrected chi connectivity index (χ1v) is 19.5. The summed E-state index contributed by atoms with van der Waals surface area (Å²) in [4.78, 5) is 33.1. The Morgan fingerprint density at radius 3 is 1.44 bits per heavy atom. The van der Waals surface area contributed by atoms with Crippen molar-refractivity contribution in [1.82, 2.24) is 29.9 Å². The molecule has 0 fully saturated rings. The fourth-order valence-corrected chi connectivity index (χ4v) is 9.68. The first-order valence-electron chi connectivity index (χ1n) is 17.8. The summed E-state index contributed by atoms with van der Waals surface area (Å²) >= 11 is 3.79. The molecule has 1 aliphatic heterocycles. The molecule has 2 unspecified atom stereocenters. The van der Waals surface area contributed by atoms with Gasteiger partial charge >= 0.3 is 0 Å². The van der Waals surface area contributed by atoms with E-state index in [0.29, 0.717) is 45.4 Å². The lowest BCUT2D eigenvalue weighted by molar-refractivity contribution is 1.02. The molecule has 0 amide bonds. The van der Waals surface area contributed by atoms with E-state index in [1.807, 2.05) is 121 Å². The summed E-state index contributed by atoms with van der Waals surface area (Å²) in [7, 11) is 0. The quantitative estimate of drug-likeness (QED) is 0.167. The van der Waals surface area contributed by atoms with Crippen LogP contribution in [0.2, 0.25) is 0 Å². The van der Waals surface area contributed by atoms with Crippen LogP contribution < -0.4 is 0 Å². The van der Waals surface area contributed by atoms with Crippen molar-refractivity contribution in [1.29, 1.82) is 0 Å². The van der Waals surface area contributed by atoms with Crippen LogP contribution in [0.5, 0.6) is 0 Å². The summed E-state index contributed by atoms with van der Waals surface area (Å²) in [5, 5.41) is 2.79. The maximum Gasteiger partial charge on any atom is 0.165 e. The van der Waals surface area contributed by atoms with E-state index < -0.39 is 0 Å². The van der Waals surface area contributed by atoms with E-state index in [1.165, 1.54) is 9.79 Å². The van der Waals surface area contributed by atoms with Gasteiger partial charge in [-0.25, -0.2) is 29.9 Å². The zero-order valence-corrected chi connectivity index (χ0v) is 30.5. The van der Waals surface area contributed by atoms with Crippen LogP contribution in [0.15, 0.2) is 180 Å². The highest BCUT2D eigenvalue weighted by Crippen LogP contribution is 2.50. The van der Waals surface area contributed by atoms with Gasteiger partial charge in [-0.05, 0) is 35.0 Å². The fraction of sp³-hybridized carbons (Fsp3) is 0.0435. The lowest BCUT2D eigenvalue weighted by Gasteiger charge is -2.30. The molecule has 2 aromatic heterocycles. The molecule has 10 rings (SSSR count). The Morgan fingerprint density at radius 1 is 0.370 bits per heavy atom. The van der Waals surface area contributed by atoms with E-state index in [2.05, 4.69) is 72.8 Å². The molecule has 54 heavy (non-hydrogen) atoms. The molecular formula is C46H30N6S2. The van der Waals surface area contributed by atoms with Crippen molar-refractivity contribution in [3.63, 3.8) is 0 Å². The number of rotatable bonds is 6. The molecule has 0 saturated heterocycles. The van der Waals surface area contributed by atoms with Gasteiger partial charge in [-0.15, -0.1) is 23.5 Å². The van der Waals surface area contributed by atoms with E-state index in [4.69, 9.17) is 29.9 Å². The number of aromatic nitrogens is 6. The standard InChI is InChI=1S/C46H30N6S2/c1-4-15-29(16-5-1)41-47-42(30-17-6-2-7-18-30)51-46(50-41)36-28-33(27-32-21-10-11-22-34(32)36)44-48-43(31-19-8-3-9-20-31)49-45(52-44)35-23-14-26-39-40(35)54-38-25-13-12-24-37(38)53-39/h1-28,37-38H. The summed E-state index contributed by atoms with van der Waals surface area (Å²) in [5.74, 6) is 3.64. The van der Waals surface area contributed by atoms with E-state index in [0.717, 1.165) is 44.2 Å². The molecule has 0 radical (unpaired) electrons. The molecule has 0 bridgehead atoms. The Bertz CT molecular complexity index is 2680. The third kappa shape index (κ3) is 6.19. The summed E-state index contributed by atoms with van der Waals surface area (Å²) in [6, 6.07) is 49.3. The van der Waals surface area contributed by atoms with Crippen molar-refractivity contribution in [3.05, 3.63) is 170 Å². The van der Waals surface area contributed by atoms with Gasteiger partial charge in [0, 0.05) is 53.7 Å². The van der Waals surface area contributed by atoms with E-state index >= 15 is 0 Å². The van der Waals surface area contributed by atoms with Crippen LogP contribution in [0, 0.1) is 0 Å². The van der Waals surface area contributed by atoms with Crippen LogP contribution in [-0.2, 0) is 0 Å². The molecule has 3 heterocycles. The van der Waals surface area contributed by atoms with E-state index in [9.17, 15) is 0 Å². The molecule has 8 aromatic rings. The molecule has 6 aromatic carbocycles. The number of hydrogen-bond donors (Lipinski definition) is 0. The lowest BCUT2D eigenvalue weighted by atomic mass is 9.99. The second kappa shape index (κ2) is 14.0. The van der Waals surface area contributed by atoms with E-state index in [1.54, 1.807) is 0 Å². The average molecular weight is 731 g/mol. The highest BCUT2D eigenvalue weighted by molar-refractivity contribution is 8.06. The molecular weight excluding hydrogens is 701 g/mol. The van der Waals surface area contributed by atoms with Gasteiger partial charge in [0.2, 0.25) is 0 Å². The third-order valence-electron chi connectivity index (χ3n) is 9.50. The summed E-state index contributed by atoms with van der Waals surface area (Å²) in [6.07, 6.45) is 8.88. The van der Waals surface area contributed by atoms with E-state index in [-0.39, 0.29) is 0 Å². The summed E-state index contributed by atoms with van der Waals surface area (Å²) < 4.78 is 0. The van der Waals surface area contributed by atoms with Crippen molar-refractivity contribution in [2.75, 3.05) is 0 Å². The van der Waals surface area contributed by atoms with Gasteiger partial charge in [-0.3, -0.25) is 0 Å². The third-order valence-corrected chi connectivity index (χ3v) is 12.5. The molecule has 1 aliphatic carbocycles. The Kier molecular flexibility index (Phi) is 8.39. The molecule has 8 heteroatoms. The number of hydrogen-bond acceptors (Lipinski definition) is 8. The maximum absolute atomic E-state index is 5.25. The van der Waals surface area contributed by atoms with Gasteiger partial charge in [0.25, 0.3) is 0 Å². The Labute approximate surface area is 321 Å². The minimum absolute atomic E-state index is 0.341. The number of nitrogens with zero attached hydrogens (tertiary/aromatic N) is 6. The fourth-order valence-electron chi connectivity index (χ4n) is 6.86. The van der Waals surface area contributed by atoms with Crippen molar-refractivity contribution >= 4 is 34.3 Å². The molecule has 0 spiro atoms. The van der Waals surface area contributed by atoms with Crippen LogP contribution in [0.25, 0.3) is 79.1 Å². The molecule has 0 N–H and O–H groups in total. The summed E-state index contributed by atoms with van der Waals surface area (Å²) in [5.41, 5.74) is 5.48. The molecule has 0 saturated carbocycles. The van der Waals surface area contributed by atoms with Gasteiger partial charge in [0.15, 0.2) is 34.9 Å². The normalized spacial score (nSPS) is 15.9. The van der Waals surface area contributed by atoms with Crippen LogP contribution in [0.3, 0.4) is 0 Å². The lowest BCUT2D eigenvalue weighted by Crippen LogP contribution is -2.21. The second-order valence-corrected chi connectivity index (χ2v) is 15.4. The van der Waals surface area contributed by atoms with Gasteiger partial charge in [-0.1, -0.05) is 146 Å². The maximum atomic E-state index is 5.25. The monoisotopic (exact) mass is 730 g/mol. The Morgan fingerprint density at radius 2 is 0.852 bits per heavy atom. The van der Waals surface area contributed by atoms with Gasteiger partial charge in [-0.2, -0.15) is 0 Å². The zero-order chi connectivity index (χ0) is 35.8. The van der Waals surface area contributed by atoms with Gasteiger partial charge < -0.3 is 0 Å². The Balaban J connectivity index is 1.18. The van der Waals surface area contributed by atoms with Crippen molar-refractivity contribution in [2.45, 2.75) is 20.3 Å². The first-order chi connectivity index (χ1) is 26.7. The van der Waals surface area contributed by atoms with Crippen LogP contribution in [0.4, 0.5) is 0 Å². The SMILES string of the molecule is C1=CC2Sc3cccc(-c4nc(-c5ccccc5)nc(-c5cc(-c6nc(-c7ccccc7)nc(-c7ccccc7)n6)c6ccccc6c5)n4)c3SC2C=C1. The average Bonchev–Trinajstić information content (AvgIpc) is 3.25. The largest absolute Gasteiger partial charge is 0.208 e. The van der Waals surface area contributed by atoms with Crippen molar-refractivity contribution in [3.8, 4) is 68.3 Å². The second-order valence-electron chi connectivity index (χ2n) is 13.0. The van der Waals surface area contributed by atoms with Gasteiger partial charge in [0.1, 0.15) is 0 Å². The Hall–Kier alpha value is -6.22. The number of fused-ring (bicyclic) bond motifs is 3. The van der Waals surface area contributed by atoms with Crippen LogP contribution in [0.1, 0.15) is 0 Å². The molecule has 2 atom stereocenters. The van der Waals surface area contributed by atoms with Crippen LogP contribution in [-0.4, -0.2) is 40.4 Å². The minimum atomic E-state index is 0.341. The zero-order valence-electron chi connectivity index (χ0n) is 28.8. The predicted molar refractivity (Wildman–Crippen MR) is 221 cm³/mol. The molecule has 256 valence electrons.